The number of ether oxygens (including phenoxy) is 1. The van der Waals surface area contributed by atoms with Crippen LogP contribution in [0.3, 0.4) is 0 Å². The topological polar surface area (TPSA) is 91.0 Å². The van der Waals surface area contributed by atoms with E-state index in [4.69, 9.17) is 4.74 Å². The van der Waals surface area contributed by atoms with Crippen molar-refractivity contribution in [1.82, 2.24) is 20.4 Å². The number of likely N-dealkylation sites (N-methyl/N-ethyl adjacent to an activating group) is 1. The first-order valence-electron chi connectivity index (χ1n) is 12.2. The van der Waals surface area contributed by atoms with E-state index in [1.807, 2.05) is 19.1 Å². The quantitative estimate of drug-likeness (QED) is 0.618. The molecule has 9 heteroatoms. The van der Waals surface area contributed by atoms with Crippen LogP contribution in [0.25, 0.3) is 0 Å². The van der Waals surface area contributed by atoms with E-state index in [2.05, 4.69) is 10.6 Å². The van der Waals surface area contributed by atoms with Gasteiger partial charge in [0.1, 0.15) is 5.82 Å². The van der Waals surface area contributed by atoms with Crippen molar-refractivity contribution < 1.29 is 23.5 Å². The fraction of sp³-hybridized carbons (Fsp3) is 0.640. The highest BCUT2D eigenvalue weighted by Gasteiger charge is 2.37. The van der Waals surface area contributed by atoms with Crippen LogP contribution in [-0.4, -0.2) is 79.6 Å². The number of hydrogen-bond acceptors (Lipinski definition) is 4. The lowest BCUT2D eigenvalue weighted by Gasteiger charge is -2.42. The summed E-state index contributed by atoms with van der Waals surface area (Å²) < 4.78 is 19.5. The number of halogens is 1. The first-order chi connectivity index (χ1) is 16.3. The lowest BCUT2D eigenvalue weighted by molar-refractivity contribution is -0.145. The third-order valence-corrected chi connectivity index (χ3v) is 6.80. The van der Waals surface area contributed by atoms with Gasteiger partial charge in [-0.2, -0.15) is 0 Å². The first-order valence-corrected chi connectivity index (χ1v) is 12.2. The molecule has 3 rings (SSSR count). The van der Waals surface area contributed by atoms with Gasteiger partial charge in [-0.25, -0.2) is 9.18 Å². The number of carbonyl (C=O) groups is 3. The molecule has 1 heterocycles. The molecule has 1 saturated heterocycles. The zero-order valence-electron chi connectivity index (χ0n) is 20.4. The molecule has 8 nitrogen and oxygen atoms in total. The average molecular weight is 477 g/mol. The van der Waals surface area contributed by atoms with Crippen molar-refractivity contribution in [1.29, 1.82) is 0 Å². The molecule has 0 bridgehead atoms. The summed E-state index contributed by atoms with van der Waals surface area (Å²) in [6, 6.07) is 5.83. The zero-order chi connectivity index (χ0) is 24.7. The van der Waals surface area contributed by atoms with Crippen LogP contribution in [0.15, 0.2) is 24.3 Å². The largest absolute Gasteiger partial charge is 0.376 e. The number of rotatable bonds is 6. The second-order valence-electron chi connectivity index (χ2n) is 9.38. The molecule has 1 aliphatic carbocycles. The summed E-state index contributed by atoms with van der Waals surface area (Å²) >= 11 is 0. The highest BCUT2D eigenvalue weighted by molar-refractivity contribution is 6.34. The zero-order valence-corrected chi connectivity index (χ0v) is 20.4. The first kappa shape index (κ1) is 25.9. The van der Waals surface area contributed by atoms with Gasteiger partial charge in [-0.3, -0.25) is 9.59 Å². The Morgan fingerprint density at radius 1 is 1.09 bits per heavy atom. The number of piperidine rings is 1. The second kappa shape index (κ2) is 12.1. The van der Waals surface area contributed by atoms with Crippen LogP contribution in [0, 0.1) is 5.82 Å². The smallest absolute Gasteiger partial charge is 0.317 e. The van der Waals surface area contributed by atoms with E-state index in [0.29, 0.717) is 32.0 Å². The minimum absolute atomic E-state index is 0.0643. The second-order valence-corrected chi connectivity index (χ2v) is 9.38. The number of benzene rings is 1. The van der Waals surface area contributed by atoms with Gasteiger partial charge in [-0.1, -0.05) is 12.1 Å². The molecule has 2 aliphatic rings. The van der Waals surface area contributed by atoms with Gasteiger partial charge in [0.25, 0.3) is 0 Å². The van der Waals surface area contributed by atoms with Crippen LogP contribution >= 0.6 is 0 Å². The van der Waals surface area contributed by atoms with Gasteiger partial charge >= 0.3 is 17.8 Å². The maximum Gasteiger partial charge on any atom is 0.317 e. The van der Waals surface area contributed by atoms with Crippen molar-refractivity contribution in [3.8, 4) is 0 Å². The number of hydrogen-bond donors (Lipinski definition) is 2. The summed E-state index contributed by atoms with van der Waals surface area (Å²) in [5.41, 5.74) is 1.16. The predicted molar refractivity (Wildman–Crippen MR) is 127 cm³/mol. The number of carbonyl (C=O) groups excluding carboxylic acids is 3. The Bertz CT molecular complexity index is 840. The molecule has 188 valence electrons. The summed E-state index contributed by atoms with van der Waals surface area (Å²) in [6.07, 6.45) is 5.15. The van der Waals surface area contributed by atoms with Gasteiger partial charge < -0.3 is 25.2 Å². The third-order valence-electron chi connectivity index (χ3n) is 6.80. The predicted octanol–water partition coefficient (Wildman–Crippen LogP) is 2.64. The van der Waals surface area contributed by atoms with Crippen molar-refractivity contribution in [3.05, 3.63) is 35.6 Å². The van der Waals surface area contributed by atoms with Gasteiger partial charge in [0.2, 0.25) is 0 Å². The highest BCUT2D eigenvalue weighted by Crippen LogP contribution is 2.34. The molecule has 0 spiro atoms. The van der Waals surface area contributed by atoms with E-state index in [9.17, 15) is 18.8 Å². The fourth-order valence-electron chi connectivity index (χ4n) is 4.90. The molecule has 1 aromatic carbocycles. The monoisotopic (exact) mass is 476 g/mol. The molecule has 1 aromatic rings. The Labute approximate surface area is 201 Å². The van der Waals surface area contributed by atoms with E-state index < -0.39 is 11.8 Å². The Morgan fingerprint density at radius 2 is 1.76 bits per heavy atom. The fourth-order valence-corrected chi connectivity index (χ4v) is 4.90. The van der Waals surface area contributed by atoms with Crippen molar-refractivity contribution in [2.75, 3.05) is 33.8 Å². The SMILES string of the molecule is CCNC(=O)N1CCC[C@H](NC(=O)C(=O)N(C)C)[C@@H]1CO[C@H]1CC[C@@H](c2ccc(F)cc2)CC1. The molecular weight excluding hydrogens is 439 g/mol. The molecule has 1 saturated carbocycles. The summed E-state index contributed by atoms with van der Waals surface area (Å²) in [4.78, 5) is 40.2. The maximum absolute atomic E-state index is 13.2. The number of nitrogens with zero attached hydrogens (tertiary/aromatic N) is 2. The van der Waals surface area contributed by atoms with E-state index >= 15 is 0 Å². The number of nitrogens with one attached hydrogen (secondary N) is 2. The molecule has 4 amide bonds. The van der Waals surface area contributed by atoms with Crippen molar-refractivity contribution >= 4 is 17.8 Å². The van der Waals surface area contributed by atoms with Crippen LogP contribution in [0.5, 0.6) is 0 Å². The Morgan fingerprint density at radius 3 is 2.38 bits per heavy atom. The molecule has 2 N–H and O–H groups in total. The van der Waals surface area contributed by atoms with Crippen LogP contribution in [-0.2, 0) is 14.3 Å². The highest BCUT2D eigenvalue weighted by atomic mass is 19.1. The average Bonchev–Trinajstić information content (AvgIpc) is 2.83. The molecule has 0 aromatic heterocycles. The van der Waals surface area contributed by atoms with Crippen molar-refractivity contribution in [2.45, 2.75) is 69.6 Å². The number of likely N-dealkylation sites (tertiary alicyclic amines) is 1. The van der Waals surface area contributed by atoms with Crippen LogP contribution in [0.2, 0.25) is 0 Å². The van der Waals surface area contributed by atoms with Crippen LogP contribution in [0.4, 0.5) is 9.18 Å². The molecular formula is C25H37FN4O4. The molecule has 0 unspecified atom stereocenters. The molecule has 0 radical (unpaired) electrons. The van der Waals surface area contributed by atoms with E-state index in [-0.39, 0.29) is 30.0 Å². The molecule has 1 aliphatic heterocycles. The minimum Gasteiger partial charge on any atom is -0.376 e. The van der Waals surface area contributed by atoms with Gasteiger partial charge in [-0.15, -0.1) is 0 Å². The summed E-state index contributed by atoms with van der Waals surface area (Å²) in [5, 5.41) is 5.68. The van der Waals surface area contributed by atoms with E-state index in [1.54, 1.807) is 4.90 Å². The number of urea groups is 1. The Balaban J connectivity index is 1.61. The van der Waals surface area contributed by atoms with Gasteiger partial charge in [0.05, 0.1) is 24.8 Å². The lowest BCUT2D eigenvalue weighted by atomic mass is 9.82. The Hall–Kier alpha value is -2.68. The third kappa shape index (κ3) is 6.68. The van der Waals surface area contributed by atoms with Gasteiger partial charge in [-0.05, 0) is 69.1 Å². The summed E-state index contributed by atoms with van der Waals surface area (Å²) in [7, 11) is 3.07. The van der Waals surface area contributed by atoms with Crippen molar-refractivity contribution in [2.24, 2.45) is 0 Å². The van der Waals surface area contributed by atoms with Gasteiger partial charge in [0.15, 0.2) is 0 Å². The summed E-state index contributed by atoms with van der Waals surface area (Å²) in [5.74, 6) is -1.11. The van der Waals surface area contributed by atoms with Crippen molar-refractivity contribution in [3.63, 3.8) is 0 Å². The van der Waals surface area contributed by atoms with Crippen LogP contribution < -0.4 is 10.6 Å². The normalized spacial score (nSPS) is 24.9. The molecule has 34 heavy (non-hydrogen) atoms. The van der Waals surface area contributed by atoms with E-state index in [1.165, 1.54) is 31.1 Å². The maximum atomic E-state index is 13.2. The van der Waals surface area contributed by atoms with Crippen LogP contribution in [0.1, 0.15) is 56.9 Å². The van der Waals surface area contributed by atoms with Gasteiger partial charge in [0, 0.05) is 27.2 Å². The minimum atomic E-state index is -0.669. The Kier molecular flexibility index (Phi) is 9.27. The lowest BCUT2D eigenvalue weighted by Crippen LogP contribution is -2.62. The molecule has 2 fully saturated rings. The molecule has 2 atom stereocenters. The van der Waals surface area contributed by atoms with E-state index in [0.717, 1.165) is 37.7 Å². The number of amides is 4. The standard InChI is InChI=1S/C25H37FN4O4/c1-4-27-25(33)30-15-5-6-21(28-23(31)24(32)29(2)3)22(30)16-34-20-13-9-18(10-14-20)17-7-11-19(26)12-8-17/h7-8,11-12,18,20-22H,4-6,9-10,13-16H2,1-3H3,(H,27,33)(H,28,31)/t18-,20+,21-,22-/m0/s1. The summed E-state index contributed by atoms with van der Waals surface area (Å²) in [6.45, 7) is 3.24.